The number of nitrogens with one attached hydrogen (secondary N) is 1. The van der Waals surface area contributed by atoms with Crippen molar-refractivity contribution in [1.82, 2.24) is 5.32 Å². The largest absolute Gasteiger partial charge is 0.314 e. The van der Waals surface area contributed by atoms with Crippen LogP contribution < -0.4 is 5.32 Å². The summed E-state index contributed by atoms with van der Waals surface area (Å²) >= 11 is 1.89. The Morgan fingerprint density at radius 2 is 2.33 bits per heavy atom. The quantitative estimate of drug-likeness (QED) is 0.746. The number of rotatable bonds is 7. The average molecular weight is 223 g/mol. The molecule has 2 heteroatoms. The standard InChI is InChI=1S/C13H21NS/c1-11(8-9-14-12-5-6-12)4-7-13-3-2-10-15-13/h2-3,10-12,14H,4-9H2,1H3. The Balaban J connectivity index is 1.53. The highest BCUT2D eigenvalue weighted by molar-refractivity contribution is 7.09. The highest BCUT2D eigenvalue weighted by Crippen LogP contribution is 2.20. The molecule has 1 heterocycles. The summed E-state index contributed by atoms with van der Waals surface area (Å²) in [5.41, 5.74) is 0. The first kappa shape index (κ1) is 11.2. The summed E-state index contributed by atoms with van der Waals surface area (Å²) in [6.45, 7) is 3.60. The fourth-order valence-corrected chi connectivity index (χ4v) is 2.53. The predicted molar refractivity (Wildman–Crippen MR) is 67.4 cm³/mol. The highest BCUT2D eigenvalue weighted by Gasteiger charge is 2.19. The topological polar surface area (TPSA) is 12.0 Å². The van der Waals surface area contributed by atoms with Crippen LogP contribution in [0.3, 0.4) is 0 Å². The second-order valence-electron chi connectivity index (χ2n) is 4.74. The summed E-state index contributed by atoms with van der Waals surface area (Å²) in [6.07, 6.45) is 6.75. The zero-order valence-electron chi connectivity index (χ0n) is 9.54. The Bertz CT molecular complexity index is 264. The lowest BCUT2D eigenvalue weighted by molar-refractivity contribution is 0.470. The maximum Gasteiger partial charge on any atom is 0.00682 e. The highest BCUT2D eigenvalue weighted by atomic mass is 32.1. The van der Waals surface area contributed by atoms with Crippen LogP contribution in [0.4, 0.5) is 0 Å². The lowest BCUT2D eigenvalue weighted by Gasteiger charge is -2.10. The van der Waals surface area contributed by atoms with Crippen molar-refractivity contribution in [2.45, 2.75) is 45.1 Å². The molecule has 0 aliphatic heterocycles. The third kappa shape index (κ3) is 4.35. The second-order valence-corrected chi connectivity index (χ2v) is 5.77. The van der Waals surface area contributed by atoms with E-state index < -0.39 is 0 Å². The van der Waals surface area contributed by atoms with E-state index in [1.807, 2.05) is 11.3 Å². The molecular formula is C13H21NS. The molecule has 1 saturated carbocycles. The van der Waals surface area contributed by atoms with Crippen molar-refractivity contribution in [2.24, 2.45) is 5.92 Å². The maximum absolute atomic E-state index is 3.58. The first-order valence-electron chi connectivity index (χ1n) is 6.10. The van der Waals surface area contributed by atoms with Gasteiger partial charge in [-0.2, -0.15) is 0 Å². The van der Waals surface area contributed by atoms with Gasteiger partial charge in [0.25, 0.3) is 0 Å². The molecule has 1 aromatic heterocycles. The van der Waals surface area contributed by atoms with E-state index in [0.717, 1.165) is 12.0 Å². The molecule has 0 spiro atoms. The molecule has 15 heavy (non-hydrogen) atoms. The summed E-state index contributed by atoms with van der Waals surface area (Å²) in [6, 6.07) is 5.27. The molecule has 2 rings (SSSR count). The van der Waals surface area contributed by atoms with Crippen molar-refractivity contribution in [1.29, 1.82) is 0 Å². The molecule has 0 radical (unpaired) electrons. The minimum atomic E-state index is 0.860. The van der Waals surface area contributed by atoms with E-state index in [-0.39, 0.29) is 0 Å². The summed E-state index contributed by atoms with van der Waals surface area (Å²) in [5, 5.41) is 5.76. The fourth-order valence-electron chi connectivity index (χ4n) is 1.81. The SMILES string of the molecule is CC(CCNC1CC1)CCc1cccs1. The van der Waals surface area contributed by atoms with Gasteiger partial charge in [0.2, 0.25) is 0 Å². The molecule has 0 amide bonds. The van der Waals surface area contributed by atoms with Crippen molar-refractivity contribution >= 4 is 11.3 Å². The summed E-state index contributed by atoms with van der Waals surface area (Å²) < 4.78 is 0. The minimum Gasteiger partial charge on any atom is -0.314 e. The van der Waals surface area contributed by atoms with Crippen molar-refractivity contribution in [3.63, 3.8) is 0 Å². The van der Waals surface area contributed by atoms with Gasteiger partial charge in [-0.05, 0) is 56.0 Å². The lowest BCUT2D eigenvalue weighted by Crippen LogP contribution is -2.19. The number of aryl methyl sites for hydroxylation is 1. The molecule has 1 fully saturated rings. The molecule has 1 atom stereocenters. The van der Waals surface area contributed by atoms with Gasteiger partial charge in [0.15, 0.2) is 0 Å². The number of hydrogen-bond donors (Lipinski definition) is 1. The molecule has 84 valence electrons. The Hall–Kier alpha value is -0.340. The zero-order chi connectivity index (χ0) is 10.5. The van der Waals surface area contributed by atoms with Crippen LogP contribution in [-0.4, -0.2) is 12.6 Å². The number of hydrogen-bond acceptors (Lipinski definition) is 2. The first-order chi connectivity index (χ1) is 7.34. The van der Waals surface area contributed by atoms with Crippen LogP contribution in [0.25, 0.3) is 0 Å². The molecular weight excluding hydrogens is 202 g/mol. The molecule has 0 aromatic carbocycles. The number of thiophene rings is 1. The maximum atomic E-state index is 3.58. The monoisotopic (exact) mass is 223 g/mol. The Kier molecular flexibility index (Phi) is 4.21. The summed E-state index contributed by atoms with van der Waals surface area (Å²) in [5.74, 6) is 0.860. The van der Waals surface area contributed by atoms with E-state index in [1.54, 1.807) is 0 Å². The molecule has 0 saturated heterocycles. The smallest absolute Gasteiger partial charge is 0.00682 e. The van der Waals surface area contributed by atoms with Crippen LogP contribution in [0.15, 0.2) is 17.5 Å². The van der Waals surface area contributed by atoms with E-state index in [1.165, 1.54) is 43.5 Å². The van der Waals surface area contributed by atoms with Gasteiger partial charge < -0.3 is 5.32 Å². The van der Waals surface area contributed by atoms with Gasteiger partial charge in [0.1, 0.15) is 0 Å². The van der Waals surface area contributed by atoms with E-state index in [9.17, 15) is 0 Å². The van der Waals surface area contributed by atoms with Crippen molar-refractivity contribution in [3.8, 4) is 0 Å². The van der Waals surface area contributed by atoms with E-state index in [0.29, 0.717) is 0 Å². The van der Waals surface area contributed by atoms with Gasteiger partial charge in [-0.3, -0.25) is 0 Å². The average Bonchev–Trinajstić information content (AvgIpc) is 2.91. The van der Waals surface area contributed by atoms with Gasteiger partial charge in [-0.15, -0.1) is 11.3 Å². The molecule has 1 aromatic rings. The van der Waals surface area contributed by atoms with Crippen LogP contribution >= 0.6 is 11.3 Å². The molecule has 0 bridgehead atoms. The lowest BCUT2D eigenvalue weighted by atomic mass is 10.0. The van der Waals surface area contributed by atoms with Gasteiger partial charge in [0, 0.05) is 10.9 Å². The van der Waals surface area contributed by atoms with Crippen LogP contribution in [0.1, 0.15) is 37.5 Å². The van der Waals surface area contributed by atoms with Crippen LogP contribution in [-0.2, 0) is 6.42 Å². The van der Waals surface area contributed by atoms with Crippen molar-refractivity contribution in [2.75, 3.05) is 6.54 Å². The van der Waals surface area contributed by atoms with Crippen molar-refractivity contribution < 1.29 is 0 Å². The van der Waals surface area contributed by atoms with Crippen LogP contribution in [0.2, 0.25) is 0 Å². The summed E-state index contributed by atoms with van der Waals surface area (Å²) in [7, 11) is 0. The van der Waals surface area contributed by atoms with E-state index >= 15 is 0 Å². The first-order valence-corrected chi connectivity index (χ1v) is 6.98. The third-order valence-corrected chi connectivity index (χ3v) is 4.05. The zero-order valence-corrected chi connectivity index (χ0v) is 10.4. The van der Waals surface area contributed by atoms with Crippen molar-refractivity contribution in [3.05, 3.63) is 22.4 Å². The Morgan fingerprint density at radius 3 is 3.00 bits per heavy atom. The van der Waals surface area contributed by atoms with Gasteiger partial charge in [-0.1, -0.05) is 13.0 Å². The molecule has 1 N–H and O–H groups in total. The van der Waals surface area contributed by atoms with Gasteiger partial charge in [0.05, 0.1) is 0 Å². The van der Waals surface area contributed by atoms with Crippen LogP contribution in [0, 0.1) is 5.92 Å². The van der Waals surface area contributed by atoms with Crippen LogP contribution in [0.5, 0.6) is 0 Å². The molecule has 1 nitrogen and oxygen atoms in total. The fraction of sp³-hybridized carbons (Fsp3) is 0.692. The Labute approximate surface area is 96.9 Å². The van der Waals surface area contributed by atoms with Gasteiger partial charge >= 0.3 is 0 Å². The van der Waals surface area contributed by atoms with E-state index in [4.69, 9.17) is 0 Å². The molecule has 1 aliphatic rings. The predicted octanol–water partition coefficient (Wildman–Crippen LogP) is 3.46. The normalized spacial score (nSPS) is 17.9. The van der Waals surface area contributed by atoms with Gasteiger partial charge in [-0.25, -0.2) is 0 Å². The second kappa shape index (κ2) is 5.66. The molecule has 1 aliphatic carbocycles. The minimum absolute atomic E-state index is 0.860. The third-order valence-electron chi connectivity index (χ3n) is 3.11. The molecule has 1 unspecified atom stereocenters. The summed E-state index contributed by atoms with van der Waals surface area (Å²) in [4.78, 5) is 1.54. The Morgan fingerprint density at radius 1 is 1.47 bits per heavy atom. The van der Waals surface area contributed by atoms with E-state index in [2.05, 4.69) is 29.8 Å².